The van der Waals surface area contributed by atoms with E-state index in [-0.39, 0.29) is 11.1 Å². The summed E-state index contributed by atoms with van der Waals surface area (Å²) in [5, 5.41) is 3.65. The van der Waals surface area contributed by atoms with Gasteiger partial charge in [0.25, 0.3) is 0 Å². The number of aromatic nitrogens is 3. The maximum absolute atomic E-state index is 15.6. The van der Waals surface area contributed by atoms with Gasteiger partial charge in [-0.15, -0.1) is 0 Å². The Morgan fingerprint density at radius 1 is 1.14 bits per heavy atom. The number of nitrogens with zero attached hydrogens (tertiary/aromatic N) is 3. The number of nitrogens with one attached hydrogen (secondary N) is 1. The summed E-state index contributed by atoms with van der Waals surface area (Å²) >= 11 is 6.20. The van der Waals surface area contributed by atoms with Crippen LogP contribution in [0.2, 0.25) is 5.28 Å². The molecule has 7 nitrogen and oxygen atoms in total. The molecule has 2 aromatic heterocycles. The first-order chi connectivity index (χ1) is 17.3. The molecule has 0 saturated carbocycles. The molecule has 3 heterocycles. The number of anilines is 1. The minimum absolute atomic E-state index is 0.0702. The van der Waals surface area contributed by atoms with E-state index in [1.165, 1.54) is 10.6 Å². The zero-order valence-electron chi connectivity index (χ0n) is 19.4. The number of ether oxygens (including phenoxy) is 2. The third kappa shape index (κ3) is 4.52. The summed E-state index contributed by atoms with van der Waals surface area (Å²) in [6.45, 7) is 3.44. The fourth-order valence-corrected chi connectivity index (χ4v) is 4.54. The first-order valence-corrected chi connectivity index (χ1v) is 11.8. The van der Waals surface area contributed by atoms with E-state index in [0.717, 1.165) is 0 Å². The number of carbonyl (C=O) groups excluding carboxylic acids is 1. The quantitative estimate of drug-likeness (QED) is 0.257. The molecule has 0 radical (unpaired) electrons. The van der Waals surface area contributed by atoms with Gasteiger partial charge in [-0.3, -0.25) is 0 Å². The van der Waals surface area contributed by atoms with Crippen LogP contribution in [0.15, 0.2) is 66.9 Å². The fourth-order valence-electron chi connectivity index (χ4n) is 4.37. The Kier molecular flexibility index (Phi) is 6.59. The fraction of sp³-hybridized carbons (Fsp3) is 0.269. The van der Waals surface area contributed by atoms with Gasteiger partial charge in [0.05, 0.1) is 23.1 Å². The predicted molar refractivity (Wildman–Crippen MR) is 131 cm³/mol. The summed E-state index contributed by atoms with van der Waals surface area (Å²) in [5.74, 6) is -0.611. The molecular formula is C26H23ClF2N4O3. The monoisotopic (exact) mass is 512 g/mol. The zero-order valence-corrected chi connectivity index (χ0v) is 20.2. The lowest BCUT2D eigenvalue weighted by molar-refractivity contribution is -0.0193. The minimum Gasteiger partial charge on any atom is -0.453 e. The van der Waals surface area contributed by atoms with Gasteiger partial charge in [-0.1, -0.05) is 36.4 Å². The molecular weight excluding hydrogens is 490 g/mol. The van der Waals surface area contributed by atoms with Crippen molar-refractivity contribution in [1.29, 1.82) is 0 Å². The third-order valence-corrected chi connectivity index (χ3v) is 6.37. The smallest absolute Gasteiger partial charge is 0.338 e. The van der Waals surface area contributed by atoms with Crippen LogP contribution in [-0.2, 0) is 9.47 Å². The van der Waals surface area contributed by atoms with Crippen LogP contribution >= 0.6 is 11.6 Å². The van der Waals surface area contributed by atoms with Crippen LogP contribution in [0.3, 0.4) is 0 Å². The number of carbonyl (C=O) groups is 1. The van der Waals surface area contributed by atoms with Crippen molar-refractivity contribution in [2.75, 3.05) is 5.32 Å². The van der Waals surface area contributed by atoms with Gasteiger partial charge in [0.1, 0.15) is 17.3 Å². The Morgan fingerprint density at radius 2 is 1.86 bits per heavy atom. The number of benzene rings is 2. The number of hydrogen-bond donors (Lipinski definition) is 1. The van der Waals surface area contributed by atoms with Crippen molar-refractivity contribution in [3.63, 3.8) is 0 Å². The maximum atomic E-state index is 15.6. The van der Waals surface area contributed by atoms with E-state index >= 15 is 4.39 Å². The standard InChI is InChI=1S/C26H23ClF2N4O3/c1-14(17-10-6-7-11-19(17)28)30-22-18-12-13-33(23(18)32-26(27)31-22)24-20(29)21(15(2)35-24)36-25(34)16-8-4-3-5-9-16/h3-15,20-21,24H,1-2H3,(H,30,31,32)/t14-,15+,20-,21+,24+/m0/s1. The second-order valence-electron chi connectivity index (χ2n) is 8.60. The summed E-state index contributed by atoms with van der Waals surface area (Å²) in [4.78, 5) is 21.0. The molecule has 0 amide bonds. The van der Waals surface area contributed by atoms with E-state index in [1.54, 1.807) is 74.6 Å². The lowest BCUT2D eigenvalue weighted by atomic mass is 10.1. The third-order valence-electron chi connectivity index (χ3n) is 6.20. The van der Waals surface area contributed by atoms with E-state index in [2.05, 4.69) is 15.3 Å². The second-order valence-corrected chi connectivity index (χ2v) is 8.94. The Labute approximate surface area is 211 Å². The summed E-state index contributed by atoms with van der Waals surface area (Å²) < 4.78 is 42.7. The Hall–Kier alpha value is -3.56. The average molecular weight is 513 g/mol. The van der Waals surface area contributed by atoms with Crippen molar-refractivity contribution in [3.05, 3.63) is 89.1 Å². The highest BCUT2D eigenvalue weighted by atomic mass is 35.5. The molecule has 1 fully saturated rings. The van der Waals surface area contributed by atoms with Crippen LogP contribution < -0.4 is 5.32 Å². The van der Waals surface area contributed by atoms with Gasteiger partial charge in [-0.2, -0.15) is 4.98 Å². The Morgan fingerprint density at radius 3 is 2.61 bits per heavy atom. The zero-order chi connectivity index (χ0) is 25.4. The summed E-state index contributed by atoms with van der Waals surface area (Å²) in [5.41, 5.74) is 1.11. The molecule has 1 aliphatic rings. The van der Waals surface area contributed by atoms with Crippen LogP contribution in [0, 0.1) is 5.82 Å². The number of esters is 1. The highest BCUT2D eigenvalue weighted by molar-refractivity contribution is 6.28. The van der Waals surface area contributed by atoms with Crippen LogP contribution in [-0.4, -0.2) is 38.9 Å². The average Bonchev–Trinajstić information content (AvgIpc) is 3.40. The number of alkyl halides is 1. The minimum atomic E-state index is -1.66. The van der Waals surface area contributed by atoms with Gasteiger partial charge >= 0.3 is 5.97 Å². The van der Waals surface area contributed by atoms with Crippen LogP contribution in [0.5, 0.6) is 0 Å². The Bertz CT molecular complexity index is 1400. The molecule has 36 heavy (non-hydrogen) atoms. The van der Waals surface area contributed by atoms with Gasteiger partial charge in [-0.25, -0.2) is 18.6 Å². The van der Waals surface area contributed by atoms with Gasteiger partial charge in [0, 0.05) is 11.8 Å². The van der Waals surface area contributed by atoms with Crippen molar-refractivity contribution >= 4 is 34.4 Å². The molecule has 5 atom stereocenters. The van der Waals surface area contributed by atoms with Crippen molar-refractivity contribution in [1.82, 2.24) is 14.5 Å². The van der Waals surface area contributed by atoms with Gasteiger partial charge < -0.3 is 19.4 Å². The molecule has 10 heteroatoms. The molecule has 186 valence electrons. The highest BCUT2D eigenvalue weighted by Crippen LogP contribution is 2.37. The predicted octanol–water partition coefficient (Wildman–Crippen LogP) is 5.88. The first-order valence-electron chi connectivity index (χ1n) is 11.4. The summed E-state index contributed by atoms with van der Waals surface area (Å²) in [6, 6.07) is 16.1. The molecule has 1 saturated heterocycles. The van der Waals surface area contributed by atoms with Crippen molar-refractivity contribution < 1.29 is 23.0 Å². The molecule has 1 aliphatic heterocycles. The lowest BCUT2D eigenvalue weighted by Crippen LogP contribution is -2.32. The largest absolute Gasteiger partial charge is 0.453 e. The van der Waals surface area contributed by atoms with Crippen LogP contribution in [0.4, 0.5) is 14.6 Å². The maximum Gasteiger partial charge on any atom is 0.338 e. The number of halogens is 3. The Balaban J connectivity index is 1.41. The van der Waals surface area contributed by atoms with E-state index < -0.39 is 36.6 Å². The molecule has 5 rings (SSSR count). The number of fused-ring (bicyclic) bond motifs is 1. The second kappa shape index (κ2) is 9.83. The molecule has 0 unspecified atom stereocenters. The van der Waals surface area contributed by atoms with E-state index in [9.17, 15) is 9.18 Å². The summed E-state index contributed by atoms with van der Waals surface area (Å²) in [6.07, 6.45) is -2.97. The van der Waals surface area contributed by atoms with E-state index in [1.807, 2.05) is 0 Å². The van der Waals surface area contributed by atoms with Crippen molar-refractivity contribution in [2.45, 2.75) is 44.5 Å². The van der Waals surface area contributed by atoms with E-state index in [0.29, 0.717) is 28.0 Å². The highest BCUT2D eigenvalue weighted by Gasteiger charge is 2.47. The molecule has 1 N–H and O–H groups in total. The van der Waals surface area contributed by atoms with Crippen molar-refractivity contribution in [3.8, 4) is 0 Å². The SMILES string of the molecule is C[C@H](Nc1nc(Cl)nc2c1ccn2[C@@H]1O[C@H](C)[C@@H](OC(=O)c2ccccc2)[C@@H]1F)c1ccccc1F. The van der Waals surface area contributed by atoms with Gasteiger partial charge in [0.15, 0.2) is 18.5 Å². The molecule has 2 aromatic carbocycles. The topological polar surface area (TPSA) is 78.3 Å². The van der Waals surface area contributed by atoms with Gasteiger partial charge in [0.2, 0.25) is 5.28 Å². The van der Waals surface area contributed by atoms with E-state index in [4.69, 9.17) is 21.1 Å². The lowest BCUT2D eigenvalue weighted by Gasteiger charge is -2.19. The van der Waals surface area contributed by atoms with Crippen molar-refractivity contribution in [2.24, 2.45) is 0 Å². The molecule has 4 aromatic rings. The molecule has 0 spiro atoms. The molecule has 0 bridgehead atoms. The van der Waals surface area contributed by atoms with Gasteiger partial charge in [-0.05, 0) is 49.7 Å². The normalized spacial score (nSPS) is 22.5. The van der Waals surface area contributed by atoms with Crippen LogP contribution in [0.25, 0.3) is 11.0 Å². The number of hydrogen-bond acceptors (Lipinski definition) is 6. The first kappa shape index (κ1) is 24.1. The number of rotatable bonds is 6. The van der Waals surface area contributed by atoms with Crippen LogP contribution in [0.1, 0.15) is 42.0 Å². The summed E-state index contributed by atoms with van der Waals surface area (Å²) in [7, 11) is 0. The molecule has 0 aliphatic carbocycles.